The zero-order valence-corrected chi connectivity index (χ0v) is 10.4. The summed E-state index contributed by atoms with van der Waals surface area (Å²) >= 11 is 5.63. The van der Waals surface area contributed by atoms with Crippen LogP contribution >= 0.6 is 11.6 Å². The van der Waals surface area contributed by atoms with Gasteiger partial charge in [0.05, 0.1) is 5.69 Å². The van der Waals surface area contributed by atoms with Crippen molar-refractivity contribution in [3.05, 3.63) is 46.8 Å². The molecule has 0 fully saturated rings. The van der Waals surface area contributed by atoms with Crippen LogP contribution in [0.1, 0.15) is 6.92 Å². The first kappa shape index (κ1) is 12.4. The Morgan fingerprint density at radius 3 is 2.67 bits per heavy atom. The molecule has 1 aromatic carbocycles. The third-order valence-corrected chi connectivity index (χ3v) is 2.55. The second kappa shape index (κ2) is 5.10. The van der Waals surface area contributed by atoms with E-state index < -0.39 is 5.38 Å². The van der Waals surface area contributed by atoms with Gasteiger partial charge in [-0.05, 0) is 19.1 Å². The lowest BCUT2D eigenvalue weighted by Gasteiger charge is -2.04. The van der Waals surface area contributed by atoms with Gasteiger partial charge in [-0.3, -0.25) is 14.7 Å². The normalized spacial score (nSPS) is 12.1. The molecule has 0 aliphatic heterocycles. The second-order valence-electron chi connectivity index (χ2n) is 3.78. The van der Waals surface area contributed by atoms with Crippen LogP contribution in [0.25, 0.3) is 5.69 Å². The molecule has 94 valence electrons. The third kappa shape index (κ3) is 2.62. The van der Waals surface area contributed by atoms with Gasteiger partial charge >= 0.3 is 0 Å². The molecule has 1 atom stereocenters. The van der Waals surface area contributed by atoms with E-state index in [4.69, 9.17) is 11.6 Å². The number of hydrogen-bond acceptors (Lipinski definition) is 2. The molecule has 2 rings (SSSR count). The Morgan fingerprint density at radius 1 is 1.39 bits per heavy atom. The van der Waals surface area contributed by atoms with Crippen LogP contribution in [-0.4, -0.2) is 21.1 Å². The highest BCUT2D eigenvalue weighted by atomic mass is 35.5. The van der Waals surface area contributed by atoms with E-state index in [2.05, 4.69) is 10.4 Å². The van der Waals surface area contributed by atoms with Crippen molar-refractivity contribution >= 4 is 23.3 Å². The summed E-state index contributed by atoms with van der Waals surface area (Å²) in [5.74, 6) is -0.0421. The first-order chi connectivity index (χ1) is 8.58. The number of rotatable bonds is 3. The Balaban J connectivity index is 2.28. The average molecular weight is 266 g/mol. The number of hydrogen-bond donors (Lipinski definition) is 2. The molecule has 5 nitrogen and oxygen atoms in total. The number of amides is 1. The van der Waals surface area contributed by atoms with Crippen LogP contribution in [0.2, 0.25) is 0 Å². The molecule has 1 heterocycles. The maximum atomic E-state index is 11.7. The number of aromatic amines is 1. The number of aromatic nitrogens is 2. The Hall–Kier alpha value is -2.01. The van der Waals surface area contributed by atoms with Gasteiger partial charge in [0.2, 0.25) is 5.91 Å². The number of alkyl halides is 1. The molecule has 0 aliphatic carbocycles. The number of para-hydroxylation sites is 1. The van der Waals surface area contributed by atoms with Crippen molar-refractivity contribution in [1.82, 2.24) is 9.78 Å². The maximum absolute atomic E-state index is 11.7. The summed E-state index contributed by atoms with van der Waals surface area (Å²) in [5, 5.41) is 4.66. The van der Waals surface area contributed by atoms with Gasteiger partial charge in [-0.1, -0.05) is 18.2 Å². The van der Waals surface area contributed by atoms with Crippen LogP contribution in [0.15, 0.2) is 41.2 Å². The highest BCUT2D eigenvalue weighted by Crippen LogP contribution is 2.07. The van der Waals surface area contributed by atoms with E-state index in [1.807, 2.05) is 18.2 Å². The Kier molecular flexibility index (Phi) is 3.53. The number of halogens is 1. The van der Waals surface area contributed by atoms with Crippen LogP contribution in [0.5, 0.6) is 0 Å². The molecule has 0 radical (unpaired) electrons. The Bertz CT molecular complexity index is 601. The third-order valence-electron chi connectivity index (χ3n) is 2.35. The van der Waals surface area contributed by atoms with Crippen molar-refractivity contribution in [3.63, 3.8) is 0 Å². The molecule has 0 bridgehead atoms. The van der Waals surface area contributed by atoms with Gasteiger partial charge in [0.15, 0.2) is 0 Å². The van der Waals surface area contributed by atoms with Crippen LogP contribution < -0.4 is 10.9 Å². The van der Waals surface area contributed by atoms with E-state index >= 15 is 0 Å². The molecular weight excluding hydrogens is 254 g/mol. The monoisotopic (exact) mass is 265 g/mol. The van der Waals surface area contributed by atoms with Gasteiger partial charge < -0.3 is 5.32 Å². The van der Waals surface area contributed by atoms with Crippen molar-refractivity contribution in [2.45, 2.75) is 12.3 Å². The van der Waals surface area contributed by atoms with E-state index in [0.29, 0.717) is 11.5 Å². The summed E-state index contributed by atoms with van der Waals surface area (Å²) in [4.78, 5) is 23.1. The van der Waals surface area contributed by atoms with Gasteiger partial charge in [-0.15, -0.1) is 11.6 Å². The van der Waals surface area contributed by atoms with Crippen molar-refractivity contribution < 1.29 is 4.79 Å². The number of carbonyl (C=O) groups is 1. The molecule has 0 aliphatic rings. The molecule has 0 spiro atoms. The standard InChI is InChI=1S/C12H12ClN3O2/c1-8(13)12(18)14-10-7-11(17)16(15-10)9-5-3-2-4-6-9/h2-8,15H,1H3,(H,14,18). The highest BCUT2D eigenvalue weighted by molar-refractivity contribution is 6.32. The minimum Gasteiger partial charge on any atom is -0.310 e. The Morgan fingerprint density at radius 2 is 2.06 bits per heavy atom. The first-order valence-electron chi connectivity index (χ1n) is 5.40. The van der Waals surface area contributed by atoms with Crippen molar-refractivity contribution in [2.24, 2.45) is 0 Å². The molecule has 6 heteroatoms. The summed E-state index contributed by atoms with van der Waals surface area (Å²) in [7, 11) is 0. The molecule has 1 amide bonds. The van der Waals surface area contributed by atoms with Crippen molar-refractivity contribution in [1.29, 1.82) is 0 Å². The first-order valence-corrected chi connectivity index (χ1v) is 5.84. The van der Waals surface area contributed by atoms with E-state index in [1.165, 1.54) is 10.7 Å². The number of carbonyl (C=O) groups excluding carboxylic acids is 1. The summed E-state index contributed by atoms with van der Waals surface area (Å²) < 4.78 is 1.34. The SMILES string of the molecule is CC(Cl)C(=O)Nc1cc(=O)n(-c2ccccc2)[nH]1. The number of nitrogens with zero attached hydrogens (tertiary/aromatic N) is 1. The van der Waals surface area contributed by atoms with E-state index in [-0.39, 0.29) is 11.5 Å². The zero-order valence-electron chi connectivity index (χ0n) is 9.68. The summed E-state index contributed by atoms with van der Waals surface area (Å²) in [6, 6.07) is 10.4. The van der Waals surface area contributed by atoms with Crippen LogP contribution in [-0.2, 0) is 4.79 Å². The van der Waals surface area contributed by atoms with E-state index in [1.54, 1.807) is 19.1 Å². The maximum Gasteiger partial charge on any atom is 0.273 e. The molecule has 18 heavy (non-hydrogen) atoms. The van der Waals surface area contributed by atoms with Gasteiger partial charge in [0, 0.05) is 6.07 Å². The quantitative estimate of drug-likeness (QED) is 0.830. The topological polar surface area (TPSA) is 66.9 Å². The minimum atomic E-state index is -0.659. The van der Waals surface area contributed by atoms with Gasteiger partial charge in [-0.25, -0.2) is 4.68 Å². The summed E-state index contributed by atoms with van der Waals surface area (Å²) in [6.07, 6.45) is 0. The molecule has 1 aromatic heterocycles. The lowest BCUT2D eigenvalue weighted by Crippen LogP contribution is -2.20. The van der Waals surface area contributed by atoms with Gasteiger partial charge in [-0.2, -0.15) is 0 Å². The van der Waals surface area contributed by atoms with Crippen LogP contribution in [0, 0.1) is 0 Å². The van der Waals surface area contributed by atoms with Gasteiger partial charge in [0.25, 0.3) is 5.56 Å². The van der Waals surface area contributed by atoms with Crippen LogP contribution in [0.3, 0.4) is 0 Å². The molecule has 2 N–H and O–H groups in total. The fourth-order valence-electron chi connectivity index (χ4n) is 1.46. The lowest BCUT2D eigenvalue weighted by atomic mass is 10.3. The lowest BCUT2D eigenvalue weighted by molar-refractivity contribution is -0.115. The predicted octanol–water partition coefficient (Wildman–Crippen LogP) is 1.73. The number of benzene rings is 1. The smallest absolute Gasteiger partial charge is 0.273 e. The second-order valence-corrected chi connectivity index (χ2v) is 4.44. The zero-order chi connectivity index (χ0) is 13.1. The van der Waals surface area contributed by atoms with E-state index in [9.17, 15) is 9.59 Å². The fourth-order valence-corrected chi connectivity index (χ4v) is 1.52. The predicted molar refractivity (Wildman–Crippen MR) is 70.3 cm³/mol. The molecule has 0 saturated heterocycles. The molecule has 0 saturated carbocycles. The number of nitrogens with one attached hydrogen (secondary N) is 2. The van der Waals surface area contributed by atoms with Gasteiger partial charge in [0.1, 0.15) is 11.2 Å². The molecule has 1 unspecified atom stereocenters. The number of anilines is 1. The number of H-pyrrole nitrogens is 1. The fraction of sp³-hybridized carbons (Fsp3) is 0.167. The summed E-state index contributed by atoms with van der Waals surface area (Å²) in [5.41, 5.74) is 0.445. The minimum absolute atomic E-state index is 0.251. The van der Waals surface area contributed by atoms with Crippen LogP contribution in [0.4, 0.5) is 5.82 Å². The highest BCUT2D eigenvalue weighted by Gasteiger charge is 2.11. The van der Waals surface area contributed by atoms with Crippen molar-refractivity contribution in [3.8, 4) is 5.69 Å². The molecule has 2 aromatic rings. The summed E-state index contributed by atoms with van der Waals surface area (Å²) in [6.45, 7) is 1.56. The van der Waals surface area contributed by atoms with Crippen molar-refractivity contribution in [2.75, 3.05) is 5.32 Å². The molecular formula is C12H12ClN3O2. The van der Waals surface area contributed by atoms with E-state index in [0.717, 1.165) is 0 Å². The average Bonchev–Trinajstić information content (AvgIpc) is 2.71. The Labute approximate surface area is 108 Å². The largest absolute Gasteiger partial charge is 0.310 e.